The molecule has 0 aromatic heterocycles. The molecule has 0 fully saturated rings. The molecular formula is C10H6ClF3O2. The minimum absolute atomic E-state index is 0.234. The van der Waals surface area contributed by atoms with Gasteiger partial charge in [0.05, 0.1) is 0 Å². The summed E-state index contributed by atoms with van der Waals surface area (Å²) in [5.41, 5.74) is 0.680. The number of rotatable bonds is 0. The molecule has 0 atom stereocenters. The van der Waals surface area contributed by atoms with E-state index in [1.54, 1.807) is 19.1 Å². The van der Waals surface area contributed by atoms with Crippen molar-refractivity contribution in [2.45, 2.75) is 13.1 Å². The van der Waals surface area contributed by atoms with Crippen LogP contribution in [0, 0.1) is 6.92 Å². The standard InChI is InChI=1S/C10H6ClF3O2/c1-5-3-2-4-6-7(5)16-9(15-6)8(11)10(12,13)14/h2-4H,1H3/b9-8-. The van der Waals surface area contributed by atoms with Gasteiger partial charge in [0.1, 0.15) is 0 Å². The Labute approximate surface area is 94.2 Å². The van der Waals surface area contributed by atoms with Crippen LogP contribution in [0.15, 0.2) is 29.2 Å². The maximum atomic E-state index is 12.3. The lowest BCUT2D eigenvalue weighted by Crippen LogP contribution is -2.13. The molecule has 0 radical (unpaired) electrons. The molecule has 0 spiro atoms. The second-order valence-corrected chi connectivity index (χ2v) is 3.58. The maximum absolute atomic E-state index is 12.3. The molecule has 16 heavy (non-hydrogen) atoms. The summed E-state index contributed by atoms with van der Waals surface area (Å²) >= 11 is 5.11. The quantitative estimate of drug-likeness (QED) is 0.698. The zero-order valence-electron chi connectivity index (χ0n) is 8.06. The van der Waals surface area contributed by atoms with Crippen LogP contribution in [0.1, 0.15) is 5.56 Å². The molecule has 0 N–H and O–H groups in total. The number of alkyl halides is 3. The Bertz CT molecular complexity index is 466. The fraction of sp³-hybridized carbons (Fsp3) is 0.200. The highest BCUT2D eigenvalue weighted by Gasteiger charge is 2.40. The normalized spacial score (nSPS) is 17.6. The summed E-state index contributed by atoms with van der Waals surface area (Å²) in [6, 6.07) is 4.87. The second-order valence-electron chi connectivity index (χ2n) is 3.21. The zero-order chi connectivity index (χ0) is 11.9. The van der Waals surface area contributed by atoms with Gasteiger partial charge in [-0.15, -0.1) is 0 Å². The Morgan fingerprint density at radius 2 is 1.94 bits per heavy atom. The van der Waals surface area contributed by atoms with Crippen molar-refractivity contribution in [3.8, 4) is 11.5 Å². The van der Waals surface area contributed by atoms with Crippen molar-refractivity contribution in [1.82, 2.24) is 0 Å². The van der Waals surface area contributed by atoms with Gasteiger partial charge in [0.15, 0.2) is 11.5 Å². The van der Waals surface area contributed by atoms with Gasteiger partial charge >= 0.3 is 12.1 Å². The molecule has 0 bridgehead atoms. The molecule has 86 valence electrons. The van der Waals surface area contributed by atoms with Crippen LogP contribution >= 0.6 is 11.6 Å². The van der Waals surface area contributed by atoms with Crippen LogP contribution in [0.5, 0.6) is 11.5 Å². The molecule has 1 aliphatic heterocycles. The molecule has 6 heteroatoms. The van der Waals surface area contributed by atoms with Gasteiger partial charge in [0.25, 0.3) is 0 Å². The van der Waals surface area contributed by atoms with Crippen LogP contribution in [-0.2, 0) is 0 Å². The van der Waals surface area contributed by atoms with E-state index in [-0.39, 0.29) is 11.5 Å². The molecule has 1 aromatic rings. The third-order valence-corrected chi connectivity index (χ3v) is 2.37. The first-order chi connectivity index (χ1) is 7.39. The summed E-state index contributed by atoms with van der Waals surface area (Å²) in [6.07, 6.45) is -4.67. The largest absolute Gasteiger partial charge is 0.433 e. The molecule has 0 unspecified atom stereocenters. The van der Waals surface area contributed by atoms with Crippen LogP contribution < -0.4 is 9.47 Å². The summed E-state index contributed by atoms with van der Waals surface area (Å²) in [4.78, 5) is 0. The zero-order valence-corrected chi connectivity index (χ0v) is 8.82. The van der Waals surface area contributed by atoms with Crippen molar-refractivity contribution < 1.29 is 22.6 Å². The first-order valence-electron chi connectivity index (χ1n) is 4.32. The Morgan fingerprint density at radius 1 is 1.25 bits per heavy atom. The van der Waals surface area contributed by atoms with Gasteiger partial charge in [0, 0.05) is 0 Å². The van der Waals surface area contributed by atoms with Gasteiger partial charge in [-0.1, -0.05) is 23.7 Å². The first kappa shape index (κ1) is 11.1. The number of allylic oxidation sites excluding steroid dienone is 1. The van der Waals surface area contributed by atoms with Crippen LogP contribution in [0.25, 0.3) is 0 Å². The summed E-state index contributed by atoms with van der Waals surface area (Å²) in [6.45, 7) is 1.70. The van der Waals surface area contributed by atoms with E-state index in [0.717, 1.165) is 0 Å². The lowest BCUT2D eigenvalue weighted by atomic mass is 10.2. The van der Waals surface area contributed by atoms with E-state index >= 15 is 0 Å². The van der Waals surface area contributed by atoms with Gasteiger partial charge in [-0.2, -0.15) is 13.2 Å². The molecule has 2 nitrogen and oxygen atoms in total. The number of aryl methyl sites for hydroxylation is 1. The van der Waals surface area contributed by atoms with Gasteiger partial charge < -0.3 is 9.47 Å². The van der Waals surface area contributed by atoms with Gasteiger partial charge in [-0.05, 0) is 18.6 Å². The molecule has 0 amide bonds. The number of para-hydroxylation sites is 1. The Balaban J connectivity index is 2.40. The number of ether oxygens (including phenoxy) is 2. The highest BCUT2D eigenvalue weighted by molar-refractivity contribution is 6.30. The van der Waals surface area contributed by atoms with E-state index in [1.807, 2.05) is 0 Å². The minimum atomic E-state index is -4.67. The van der Waals surface area contributed by atoms with Crippen molar-refractivity contribution in [1.29, 1.82) is 0 Å². The molecule has 0 saturated carbocycles. The van der Waals surface area contributed by atoms with Crippen LogP contribution in [-0.4, -0.2) is 6.18 Å². The molecule has 1 heterocycles. The summed E-state index contributed by atoms with van der Waals surface area (Å²) in [7, 11) is 0. The van der Waals surface area contributed by atoms with Gasteiger partial charge in [-0.3, -0.25) is 0 Å². The highest BCUT2D eigenvalue weighted by atomic mass is 35.5. The van der Waals surface area contributed by atoms with Crippen molar-refractivity contribution in [3.05, 3.63) is 34.7 Å². The topological polar surface area (TPSA) is 18.5 Å². The minimum Gasteiger partial charge on any atom is -0.421 e. The fourth-order valence-corrected chi connectivity index (χ4v) is 1.33. The molecule has 1 aromatic carbocycles. The van der Waals surface area contributed by atoms with E-state index in [4.69, 9.17) is 21.1 Å². The second kappa shape index (κ2) is 3.59. The molecule has 0 saturated heterocycles. The number of fused-ring (bicyclic) bond motifs is 1. The average molecular weight is 251 g/mol. The van der Waals surface area contributed by atoms with Crippen LogP contribution in [0.3, 0.4) is 0 Å². The average Bonchev–Trinajstić information content (AvgIpc) is 2.60. The van der Waals surface area contributed by atoms with Crippen LogP contribution in [0.4, 0.5) is 13.2 Å². The fourth-order valence-electron chi connectivity index (χ4n) is 1.26. The monoisotopic (exact) mass is 250 g/mol. The van der Waals surface area contributed by atoms with E-state index in [2.05, 4.69) is 0 Å². The van der Waals surface area contributed by atoms with E-state index in [1.165, 1.54) is 6.07 Å². The third kappa shape index (κ3) is 1.82. The smallest absolute Gasteiger partial charge is 0.421 e. The third-order valence-electron chi connectivity index (χ3n) is 2.00. The van der Waals surface area contributed by atoms with E-state index < -0.39 is 17.2 Å². The Morgan fingerprint density at radius 3 is 2.50 bits per heavy atom. The summed E-state index contributed by atoms with van der Waals surface area (Å²) in [5.74, 6) is -0.226. The SMILES string of the molecule is Cc1cccc2c1O/C(=C(\Cl)C(F)(F)F)O2. The Hall–Kier alpha value is -1.36. The summed E-state index contributed by atoms with van der Waals surface area (Å²) in [5, 5.41) is -1.40. The van der Waals surface area contributed by atoms with Crippen molar-refractivity contribution in [3.63, 3.8) is 0 Å². The molecule has 2 rings (SSSR count). The predicted molar refractivity (Wildman–Crippen MR) is 51.4 cm³/mol. The summed E-state index contributed by atoms with van der Waals surface area (Å²) < 4.78 is 46.6. The van der Waals surface area contributed by atoms with Crippen molar-refractivity contribution >= 4 is 11.6 Å². The maximum Gasteiger partial charge on any atom is 0.433 e. The molecule has 0 aliphatic carbocycles. The lowest BCUT2D eigenvalue weighted by molar-refractivity contribution is -0.0886. The molecule has 1 aliphatic rings. The Kier molecular flexibility index (Phi) is 2.50. The van der Waals surface area contributed by atoms with E-state index in [0.29, 0.717) is 5.56 Å². The first-order valence-corrected chi connectivity index (χ1v) is 4.69. The van der Waals surface area contributed by atoms with Crippen molar-refractivity contribution in [2.75, 3.05) is 0 Å². The number of halogens is 4. The van der Waals surface area contributed by atoms with Crippen LogP contribution in [0.2, 0.25) is 0 Å². The predicted octanol–water partition coefficient (Wildman–Crippen LogP) is 3.74. The van der Waals surface area contributed by atoms with Crippen molar-refractivity contribution in [2.24, 2.45) is 0 Å². The molecular weight excluding hydrogens is 245 g/mol. The van der Waals surface area contributed by atoms with E-state index in [9.17, 15) is 13.2 Å². The number of hydrogen-bond acceptors (Lipinski definition) is 2. The number of hydrogen-bond donors (Lipinski definition) is 0. The van der Waals surface area contributed by atoms with Gasteiger partial charge in [-0.25, -0.2) is 0 Å². The lowest BCUT2D eigenvalue weighted by Gasteiger charge is -2.06. The number of benzene rings is 1. The van der Waals surface area contributed by atoms with Gasteiger partial charge in [0.2, 0.25) is 5.03 Å². The highest BCUT2D eigenvalue weighted by Crippen LogP contribution is 2.42.